The number of fused-ring (bicyclic) bond motifs is 6. The third-order valence-electron chi connectivity index (χ3n) is 9.63. The fourth-order valence-corrected chi connectivity index (χ4v) is 7.45. The van der Waals surface area contributed by atoms with E-state index >= 15 is 0 Å². The van der Waals surface area contributed by atoms with Gasteiger partial charge in [0.15, 0.2) is 0 Å². The molecule has 9 aromatic rings. The molecule has 0 atom stereocenters. The first-order valence-corrected chi connectivity index (χ1v) is 16.3. The minimum Gasteiger partial charge on any atom is -0.309 e. The standard InChI is InChI=1S/C45H25N5/c46-26-29-18-23-42-39(24-29)37-12-1-3-15-40(37)50(42)45-34(28-48)10-6-14-36(45)31-21-19-30(20-22-31)32-8-5-11-35(25-32)49-41-16-4-2-13-38(41)44-33(27-47)9-7-17-43(44)49/h1-25H. The van der Waals surface area contributed by atoms with Crippen LogP contribution >= 0.6 is 0 Å². The van der Waals surface area contributed by atoms with Gasteiger partial charge in [-0.1, -0.05) is 91.0 Å². The van der Waals surface area contributed by atoms with Gasteiger partial charge in [-0.3, -0.25) is 0 Å². The minimum atomic E-state index is 0.567. The molecule has 9 rings (SSSR count). The van der Waals surface area contributed by atoms with Crippen LogP contribution in [-0.4, -0.2) is 9.13 Å². The number of hydrogen-bond acceptors (Lipinski definition) is 3. The van der Waals surface area contributed by atoms with E-state index in [-0.39, 0.29) is 0 Å². The van der Waals surface area contributed by atoms with Crippen LogP contribution in [0.25, 0.3) is 77.2 Å². The Hall–Kier alpha value is -7.39. The van der Waals surface area contributed by atoms with Crippen LogP contribution in [0.5, 0.6) is 0 Å². The highest BCUT2D eigenvalue weighted by molar-refractivity contribution is 6.12. The molecular formula is C45H25N5. The van der Waals surface area contributed by atoms with Crippen LogP contribution in [0.15, 0.2) is 152 Å². The highest BCUT2D eigenvalue weighted by Crippen LogP contribution is 2.39. The molecule has 0 N–H and O–H groups in total. The number of nitrogens with zero attached hydrogens (tertiary/aromatic N) is 5. The van der Waals surface area contributed by atoms with Crippen molar-refractivity contribution in [3.63, 3.8) is 0 Å². The third kappa shape index (κ3) is 4.31. The van der Waals surface area contributed by atoms with Crippen molar-refractivity contribution in [1.82, 2.24) is 9.13 Å². The summed E-state index contributed by atoms with van der Waals surface area (Å²) >= 11 is 0. The fraction of sp³-hybridized carbons (Fsp3) is 0. The molecule has 0 aliphatic carbocycles. The van der Waals surface area contributed by atoms with E-state index < -0.39 is 0 Å². The summed E-state index contributed by atoms with van der Waals surface area (Å²) in [6.07, 6.45) is 0. The van der Waals surface area contributed by atoms with Gasteiger partial charge in [0, 0.05) is 32.8 Å². The van der Waals surface area contributed by atoms with Gasteiger partial charge >= 0.3 is 0 Å². The van der Waals surface area contributed by atoms with Crippen molar-refractivity contribution in [2.24, 2.45) is 0 Å². The Labute approximate surface area is 287 Å². The number of para-hydroxylation sites is 3. The Morgan fingerprint density at radius 1 is 0.400 bits per heavy atom. The predicted octanol–water partition coefficient (Wildman–Crippen LogP) is 10.8. The average Bonchev–Trinajstić information content (AvgIpc) is 3.70. The largest absolute Gasteiger partial charge is 0.309 e. The van der Waals surface area contributed by atoms with E-state index in [1.807, 2.05) is 66.7 Å². The molecule has 0 aliphatic heterocycles. The average molecular weight is 636 g/mol. The number of nitriles is 3. The van der Waals surface area contributed by atoms with Gasteiger partial charge < -0.3 is 9.13 Å². The van der Waals surface area contributed by atoms with Crippen molar-refractivity contribution in [3.8, 4) is 51.8 Å². The zero-order valence-electron chi connectivity index (χ0n) is 26.7. The van der Waals surface area contributed by atoms with Crippen molar-refractivity contribution in [2.45, 2.75) is 0 Å². The lowest BCUT2D eigenvalue weighted by Gasteiger charge is -2.16. The number of aromatic nitrogens is 2. The second-order valence-corrected chi connectivity index (χ2v) is 12.3. The first kappa shape index (κ1) is 28.8. The van der Waals surface area contributed by atoms with E-state index in [1.54, 1.807) is 0 Å². The number of benzene rings is 7. The Morgan fingerprint density at radius 2 is 1.04 bits per heavy atom. The van der Waals surface area contributed by atoms with Crippen LogP contribution < -0.4 is 0 Å². The van der Waals surface area contributed by atoms with Gasteiger partial charge in [-0.2, -0.15) is 15.8 Å². The summed E-state index contributed by atoms with van der Waals surface area (Å²) in [5.41, 5.74) is 11.7. The molecule has 50 heavy (non-hydrogen) atoms. The summed E-state index contributed by atoms with van der Waals surface area (Å²) in [6.45, 7) is 0. The molecule has 0 unspecified atom stereocenters. The first-order chi connectivity index (χ1) is 24.7. The van der Waals surface area contributed by atoms with Crippen LogP contribution in [0, 0.1) is 34.0 Å². The normalized spacial score (nSPS) is 11.1. The summed E-state index contributed by atoms with van der Waals surface area (Å²) in [5.74, 6) is 0. The second kappa shape index (κ2) is 11.4. The first-order valence-electron chi connectivity index (χ1n) is 16.3. The molecule has 2 heterocycles. The smallest absolute Gasteiger partial charge is 0.101 e. The van der Waals surface area contributed by atoms with E-state index in [9.17, 15) is 15.8 Å². The summed E-state index contributed by atoms with van der Waals surface area (Å²) in [4.78, 5) is 0. The van der Waals surface area contributed by atoms with Gasteiger partial charge in [0.2, 0.25) is 0 Å². The van der Waals surface area contributed by atoms with Gasteiger partial charge in [0.05, 0.1) is 56.6 Å². The predicted molar refractivity (Wildman–Crippen MR) is 200 cm³/mol. The zero-order chi connectivity index (χ0) is 33.8. The highest BCUT2D eigenvalue weighted by Gasteiger charge is 2.20. The fourth-order valence-electron chi connectivity index (χ4n) is 7.45. The molecular weight excluding hydrogens is 611 g/mol. The maximum Gasteiger partial charge on any atom is 0.101 e. The van der Waals surface area contributed by atoms with Crippen LogP contribution in [0.4, 0.5) is 0 Å². The Morgan fingerprint density at radius 3 is 1.82 bits per heavy atom. The molecule has 5 nitrogen and oxygen atoms in total. The monoisotopic (exact) mass is 635 g/mol. The Bertz CT molecular complexity index is 2960. The van der Waals surface area contributed by atoms with E-state index in [1.165, 1.54) is 0 Å². The van der Waals surface area contributed by atoms with E-state index in [2.05, 4.69) is 112 Å². The van der Waals surface area contributed by atoms with Crippen molar-refractivity contribution in [3.05, 3.63) is 168 Å². The number of hydrogen-bond donors (Lipinski definition) is 0. The summed E-state index contributed by atoms with van der Waals surface area (Å²) < 4.78 is 4.38. The molecule has 0 amide bonds. The topological polar surface area (TPSA) is 81.2 Å². The number of rotatable bonds is 4. The molecule has 0 spiro atoms. The second-order valence-electron chi connectivity index (χ2n) is 12.3. The maximum absolute atomic E-state index is 10.3. The van der Waals surface area contributed by atoms with Gasteiger partial charge in [-0.15, -0.1) is 0 Å². The lowest BCUT2D eigenvalue weighted by Crippen LogP contribution is -2.01. The van der Waals surface area contributed by atoms with Crippen molar-refractivity contribution in [1.29, 1.82) is 15.8 Å². The summed E-state index contributed by atoms with van der Waals surface area (Å²) in [6, 6.07) is 57.9. The maximum atomic E-state index is 10.3. The molecule has 0 saturated heterocycles. The van der Waals surface area contributed by atoms with Crippen molar-refractivity contribution in [2.75, 3.05) is 0 Å². The SMILES string of the molecule is N#Cc1ccc2c(c1)c1ccccc1n2-c1c(C#N)cccc1-c1ccc(-c2cccc(-n3c4ccccc4c4c(C#N)cccc43)c2)cc1. The summed E-state index contributed by atoms with van der Waals surface area (Å²) in [5, 5.41) is 33.9. The molecule has 0 fully saturated rings. The lowest BCUT2D eigenvalue weighted by molar-refractivity contribution is 1.17. The van der Waals surface area contributed by atoms with Gasteiger partial charge in [0.25, 0.3) is 0 Å². The zero-order valence-corrected chi connectivity index (χ0v) is 26.7. The molecule has 7 aromatic carbocycles. The highest BCUT2D eigenvalue weighted by atomic mass is 15.0. The quantitative estimate of drug-likeness (QED) is 0.193. The van der Waals surface area contributed by atoms with Gasteiger partial charge in [-0.25, -0.2) is 0 Å². The van der Waals surface area contributed by atoms with E-state index in [4.69, 9.17) is 0 Å². The van der Waals surface area contributed by atoms with Crippen LogP contribution in [0.3, 0.4) is 0 Å². The van der Waals surface area contributed by atoms with Crippen LogP contribution in [0.1, 0.15) is 16.7 Å². The minimum absolute atomic E-state index is 0.567. The van der Waals surface area contributed by atoms with Gasteiger partial charge in [0.1, 0.15) is 6.07 Å². The Kier molecular flexibility index (Phi) is 6.56. The molecule has 2 aromatic heterocycles. The lowest BCUT2D eigenvalue weighted by atomic mass is 9.97. The van der Waals surface area contributed by atoms with E-state index in [0.717, 1.165) is 77.2 Å². The molecule has 5 heteroatoms. The molecule has 0 aliphatic rings. The van der Waals surface area contributed by atoms with E-state index in [0.29, 0.717) is 16.7 Å². The summed E-state index contributed by atoms with van der Waals surface area (Å²) in [7, 11) is 0. The third-order valence-corrected chi connectivity index (χ3v) is 9.63. The molecule has 0 saturated carbocycles. The van der Waals surface area contributed by atoms with Crippen LogP contribution in [-0.2, 0) is 0 Å². The molecule has 230 valence electrons. The molecule has 0 radical (unpaired) electrons. The van der Waals surface area contributed by atoms with Crippen molar-refractivity contribution < 1.29 is 0 Å². The van der Waals surface area contributed by atoms with Gasteiger partial charge in [-0.05, 0) is 77.4 Å². The van der Waals surface area contributed by atoms with Crippen molar-refractivity contribution >= 4 is 43.6 Å². The Balaban J connectivity index is 1.18. The van der Waals surface area contributed by atoms with Crippen LogP contribution in [0.2, 0.25) is 0 Å². The molecule has 0 bridgehead atoms.